The van der Waals surface area contributed by atoms with E-state index in [-0.39, 0.29) is 43.1 Å². The van der Waals surface area contributed by atoms with Crippen molar-refractivity contribution in [1.29, 1.82) is 0 Å². The summed E-state index contributed by atoms with van der Waals surface area (Å²) in [6.07, 6.45) is 4.32. The van der Waals surface area contributed by atoms with Gasteiger partial charge in [0.15, 0.2) is 5.78 Å². The van der Waals surface area contributed by atoms with Crippen LogP contribution in [0.1, 0.15) is 66.0 Å². The lowest BCUT2D eigenvalue weighted by molar-refractivity contribution is -0.129. The lowest BCUT2D eigenvalue weighted by Crippen LogP contribution is -2.47. The number of para-hydroxylation sites is 1. The van der Waals surface area contributed by atoms with E-state index in [9.17, 15) is 9.59 Å². The summed E-state index contributed by atoms with van der Waals surface area (Å²) in [6.45, 7) is 6.34. The molecule has 50 heavy (non-hydrogen) atoms. The van der Waals surface area contributed by atoms with Gasteiger partial charge in [-0.1, -0.05) is 54.1 Å². The highest BCUT2D eigenvalue weighted by Gasteiger charge is 2.39. The number of ketones is 1. The number of nitrogens with zero attached hydrogens (tertiary/aromatic N) is 1. The van der Waals surface area contributed by atoms with Crippen molar-refractivity contribution in [2.24, 2.45) is 11.7 Å². The van der Waals surface area contributed by atoms with Gasteiger partial charge in [-0.2, -0.15) is 0 Å². The average Bonchev–Trinajstić information content (AvgIpc) is 4.05. The van der Waals surface area contributed by atoms with E-state index in [1.54, 1.807) is 13.2 Å². The van der Waals surface area contributed by atoms with Crippen molar-refractivity contribution in [1.82, 2.24) is 10.2 Å². The minimum absolute atomic E-state index is 0.0514. The quantitative estimate of drug-likeness (QED) is 0.124. The van der Waals surface area contributed by atoms with Crippen molar-refractivity contribution in [3.8, 4) is 11.5 Å². The normalized spacial score (nSPS) is 18.1. The van der Waals surface area contributed by atoms with Gasteiger partial charge in [0.05, 0.1) is 18.7 Å². The maximum atomic E-state index is 14.7. The largest absolute Gasteiger partial charge is 0.490 e. The number of carbonyl (C=O) groups excluding carboxylic acids is 2. The zero-order valence-electron chi connectivity index (χ0n) is 29.2. The molecular weight excluding hydrogens is 654 g/mol. The predicted octanol–water partition coefficient (Wildman–Crippen LogP) is 6.32. The lowest BCUT2D eigenvalue weighted by Gasteiger charge is -2.33. The maximum Gasteiger partial charge on any atom is 0.252 e. The highest BCUT2D eigenvalue weighted by atomic mass is 35.5. The first-order chi connectivity index (χ1) is 24.2. The molecule has 0 spiro atoms. The van der Waals surface area contributed by atoms with Crippen LogP contribution >= 0.6 is 11.6 Å². The number of nitrogens with two attached hydrogens (primary N) is 1. The van der Waals surface area contributed by atoms with E-state index in [2.05, 4.69) is 5.32 Å². The van der Waals surface area contributed by atoms with Crippen molar-refractivity contribution in [3.05, 3.63) is 99.1 Å². The third kappa shape index (κ3) is 8.76. The minimum Gasteiger partial charge on any atom is -0.490 e. The summed E-state index contributed by atoms with van der Waals surface area (Å²) < 4.78 is 23.0. The molecule has 0 saturated heterocycles. The molecular formula is C40H48ClN3O6. The Morgan fingerprint density at radius 3 is 2.38 bits per heavy atom. The van der Waals surface area contributed by atoms with Crippen LogP contribution in [0.5, 0.6) is 11.5 Å². The molecule has 1 aliphatic heterocycles. The standard InChI is InChI=1S/C40H48ClN3O6/c1-25-5-4-6-26(2)39(25)50-20-19-49-32-14-9-27(10-15-32)33-17-18-43-35(23-48-24-47-3)36(33)40(46)44(31-12-13-31)22-30-21-29(11-16-34(30)41)37(42)38(45)28-7-8-28/h4-6,9-11,14-16,21,28,31,35,37,43H,7-8,12-13,17-20,22-24,42H2,1-3H3/t35-,37?/m1/s1. The SMILES string of the molecule is COCOC[C@H]1NCCC(c2ccc(OCCOc3c(C)cccc3C)cc2)=C1C(=O)N(Cc1cc(C(N)C(=O)C2CC2)ccc1Cl)C1CC1. The Hall–Kier alpha value is -3.73. The molecule has 6 rings (SSSR count). The zero-order valence-corrected chi connectivity index (χ0v) is 30.0. The third-order valence-electron chi connectivity index (χ3n) is 9.67. The van der Waals surface area contributed by atoms with E-state index in [0.717, 1.165) is 70.6 Å². The van der Waals surface area contributed by atoms with Gasteiger partial charge in [-0.3, -0.25) is 9.59 Å². The van der Waals surface area contributed by atoms with Crippen molar-refractivity contribution in [2.45, 2.75) is 70.6 Å². The number of carbonyl (C=O) groups is 2. The Bertz CT molecular complexity index is 1680. The van der Waals surface area contributed by atoms with Gasteiger partial charge in [-0.25, -0.2) is 0 Å². The molecule has 3 N–H and O–H groups in total. The number of aryl methyl sites for hydroxylation is 2. The summed E-state index contributed by atoms with van der Waals surface area (Å²) in [5, 5.41) is 4.06. The summed E-state index contributed by atoms with van der Waals surface area (Å²) in [4.78, 5) is 29.4. The summed E-state index contributed by atoms with van der Waals surface area (Å²) in [5.74, 6) is 1.70. The Labute approximate surface area is 300 Å². The number of benzene rings is 3. The molecule has 3 aromatic carbocycles. The van der Waals surface area contributed by atoms with E-state index in [1.165, 1.54) is 0 Å². The third-order valence-corrected chi connectivity index (χ3v) is 10.0. The first-order valence-corrected chi connectivity index (χ1v) is 18.0. The number of ether oxygens (including phenoxy) is 4. The van der Waals surface area contributed by atoms with Crippen LogP contribution in [-0.4, -0.2) is 68.9 Å². The topological polar surface area (TPSA) is 112 Å². The molecule has 10 heteroatoms. The fourth-order valence-electron chi connectivity index (χ4n) is 6.66. The van der Waals surface area contributed by atoms with Gasteiger partial charge in [0.25, 0.3) is 5.91 Å². The summed E-state index contributed by atoms with van der Waals surface area (Å²) in [7, 11) is 1.58. The van der Waals surface area contributed by atoms with E-state index in [4.69, 9.17) is 36.3 Å². The number of rotatable bonds is 17. The second kappa shape index (κ2) is 16.5. The van der Waals surface area contributed by atoms with E-state index in [1.807, 2.05) is 73.3 Å². The fraction of sp³-hybridized carbons (Fsp3) is 0.450. The molecule has 2 saturated carbocycles. The number of hydrogen-bond acceptors (Lipinski definition) is 8. The van der Waals surface area contributed by atoms with Crippen molar-refractivity contribution in [2.75, 3.05) is 40.3 Å². The Balaban J connectivity index is 1.22. The molecule has 2 fully saturated rings. The van der Waals surface area contributed by atoms with Gasteiger partial charge in [-0.15, -0.1) is 0 Å². The summed E-state index contributed by atoms with van der Waals surface area (Å²) in [5.41, 5.74) is 12.7. The smallest absolute Gasteiger partial charge is 0.252 e. The first-order valence-electron chi connectivity index (χ1n) is 17.6. The monoisotopic (exact) mass is 701 g/mol. The van der Waals surface area contributed by atoms with Crippen molar-refractivity contribution in [3.63, 3.8) is 0 Å². The Morgan fingerprint density at radius 1 is 0.980 bits per heavy atom. The minimum atomic E-state index is -0.695. The zero-order chi connectivity index (χ0) is 35.2. The predicted molar refractivity (Wildman–Crippen MR) is 194 cm³/mol. The lowest BCUT2D eigenvalue weighted by atomic mass is 9.88. The Morgan fingerprint density at radius 2 is 1.70 bits per heavy atom. The number of halogens is 1. The van der Waals surface area contributed by atoms with Crippen LogP contribution in [0.3, 0.4) is 0 Å². The van der Waals surface area contributed by atoms with Crippen molar-refractivity contribution < 1.29 is 28.5 Å². The van der Waals surface area contributed by atoms with Crippen molar-refractivity contribution >= 4 is 28.9 Å². The van der Waals surface area contributed by atoms with Crippen LogP contribution in [0.25, 0.3) is 5.57 Å². The van der Waals surface area contributed by atoms with Crippen LogP contribution in [-0.2, 0) is 25.6 Å². The second-order valence-corrected chi connectivity index (χ2v) is 13.9. The van der Waals surface area contributed by atoms with E-state index in [0.29, 0.717) is 43.3 Å². The van der Waals surface area contributed by atoms with Gasteiger partial charge < -0.3 is 34.9 Å². The van der Waals surface area contributed by atoms with E-state index >= 15 is 0 Å². The molecule has 0 radical (unpaired) electrons. The summed E-state index contributed by atoms with van der Waals surface area (Å²) >= 11 is 6.72. The molecule has 3 aliphatic rings. The van der Waals surface area contributed by atoms with Crippen LogP contribution in [0, 0.1) is 19.8 Å². The molecule has 3 aromatic rings. The van der Waals surface area contributed by atoms with Crippen LogP contribution in [0.15, 0.2) is 66.2 Å². The van der Waals surface area contributed by atoms with Crippen LogP contribution < -0.4 is 20.5 Å². The van der Waals surface area contributed by atoms with Gasteiger partial charge in [0.1, 0.15) is 31.5 Å². The highest BCUT2D eigenvalue weighted by molar-refractivity contribution is 6.31. The van der Waals surface area contributed by atoms with Gasteiger partial charge in [0, 0.05) is 36.2 Å². The molecule has 9 nitrogen and oxygen atoms in total. The summed E-state index contributed by atoms with van der Waals surface area (Å²) in [6, 6.07) is 18.6. The molecule has 1 amide bonds. The number of methoxy groups -OCH3 is 1. The van der Waals surface area contributed by atoms with Crippen LogP contribution in [0.4, 0.5) is 0 Å². The van der Waals surface area contributed by atoms with Gasteiger partial charge in [0.2, 0.25) is 0 Å². The average molecular weight is 702 g/mol. The van der Waals surface area contributed by atoms with Gasteiger partial charge in [-0.05, 0) is 104 Å². The molecule has 0 aromatic heterocycles. The Kier molecular flexibility index (Phi) is 11.9. The maximum absolute atomic E-state index is 14.7. The number of hydrogen-bond donors (Lipinski definition) is 2. The molecule has 1 heterocycles. The number of amides is 1. The molecule has 266 valence electrons. The fourth-order valence-corrected chi connectivity index (χ4v) is 6.83. The van der Waals surface area contributed by atoms with Gasteiger partial charge >= 0.3 is 0 Å². The molecule has 2 aliphatic carbocycles. The van der Waals surface area contributed by atoms with E-state index < -0.39 is 6.04 Å². The number of Topliss-reactive ketones (excluding diaryl/α,β-unsaturated/α-hetero) is 1. The van der Waals surface area contributed by atoms with Crippen LogP contribution in [0.2, 0.25) is 5.02 Å². The first kappa shape index (κ1) is 36.1. The second-order valence-electron chi connectivity index (χ2n) is 13.5. The molecule has 2 atom stereocenters. The highest BCUT2D eigenvalue weighted by Crippen LogP contribution is 2.37. The number of nitrogens with one attached hydrogen (secondary N) is 1. The molecule has 1 unspecified atom stereocenters. The molecule has 0 bridgehead atoms.